The first-order valence-corrected chi connectivity index (χ1v) is 12.0. The van der Waals surface area contributed by atoms with Crippen molar-refractivity contribution in [2.75, 3.05) is 4.90 Å². The largest absolute Gasteiger partial charge is 0.488 e. The van der Waals surface area contributed by atoms with Crippen molar-refractivity contribution in [3.8, 4) is 5.75 Å². The van der Waals surface area contributed by atoms with Gasteiger partial charge in [0, 0.05) is 5.56 Å². The fourth-order valence-electron chi connectivity index (χ4n) is 4.30. The van der Waals surface area contributed by atoms with Gasteiger partial charge in [0.05, 0.1) is 5.69 Å². The molecule has 0 aliphatic carbocycles. The number of hydrogen-bond acceptors (Lipinski definition) is 4. The summed E-state index contributed by atoms with van der Waals surface area (Å²) >= 11 is 0. The third-order valence-corrected chi connectivity index (χ3v) is 6.58. The predicted molar refractivity (Wildman–Crippen MR) is 144 cm³/mol. The summed E-state index contributed by atoms with van der Waals surface area (Å²) in [7, 11) is 0. The molecule has 1 N–H and O–H groups in total. The fraction of sp³-hybridized carbons (Fsp3) is 0.129. The van der Waals surface area contributed by atoms with E-state index in [0.29, 0.717) is 23.6 Å². The molecule has 0 spiro atoms. The van der Waals surface area contributed by atoms with Crippen molar-refractivity contribution in [2.24, 2.45) is 0 Å². The Morgan fingerprint density at radius 1 is 0.838 bits per heavy atom. The monoisotopic (exact) mass is 490 g/mol. The summed E-state index contributed by atoms with van der Waals surface area (Å²) in [5.41, 5.74) is 4.97. The molecule has 0 atom stereocenters. The van der Waals surface area contributed by atoms with Crippen LogP contribution in [0.3, 0.4) is 0 Å². The van der Waals surface area contributed by atoms with Crippen molar-refractivity contribution >= 4 is 40.4 Å². The van der Waals surface area contributed by atoms with Gasteiger partial charge in [0.1, 0.15) is 17.9 Å². The molecule has 0 bridgehead atoms. The zero-order valence-electron chi connectivity index (χ0n) is 20.9. The number of barbiturate groups is 1. The zero-order valence-corrected chi connectivity index (χ0v) is 20.9. The molecule has 37 heavy (non-hydrogen) atoms. The average Bonchev–Trinajstić information content (AvgIpc) is 2.88. The van der Waals surface area contributed by atoms with Gasteiger partial charge in [-0.05, 0) is 72.5 Å². The lowest BCUT2D eigenvalue weighted by Gasteiger charge is -2.27. The first-order valence-electron chi connectivity index (χ1n) is 12.0. The van der Waals surface area contributed by atoms with E-state index in [1.54, 1.807) is 12.1 Å². The Morgan fingerprint density at radius 3 is 2.35 bits per heavy atom. The molecule has 1 fully saturated rings. The number of nitrogens with zero attached hydrogens (tertiary/aromatic N) is 1. The fourth-order valence-corrected chi connectivity index (χ4v) is 4.30. The molecule has 0 saturated carbocycles. The number of nitrogens with one attached hydrogen (secondary N) is 1. The van der Waals surface area contributed by atoms with Crippen LogP contribution in [-0.4, -0.2) is 17.8 Å². The molecule has 6 nitrogen and oxygen atoms in total. The molecule has 5 rings (SSSR count). The van der Waals surface area contributed by atoms with Gasteiger partial charge in [-0.3, -0.25) is 14.9 Å². The van der Waals surface area contributed by atoms with Crippen LogP contribution in [0.25, 0.3) is 16.8 Å². The Kier molecular flexibility index (Phi) is 6.32. The molecule has 1 heterocycles. The summed E-state index contributed by atoms with van der Waals surface area (Å²) in [6, 6.07) is 24.0. The Bertz CT molecular complexity index is 1590. The van der Waals surface area contributed by atoms with Crippen LogP contribution in [0.15, 0.2) is 84.4 Å². The molecule has 6 heteroatoms. The second kappa shape index (κ2) is 9.74. The van der Waals surface area contributed by atoms with Gasteiger partial charge < -0.3 is 4.74 Å². The van der Waals surface area contributed by atoms with Crippen molar-refractivity contribution in [3.63, 3.8) is 0 Å². The Balaban J connectivity index is 1.58. The van der Waals surface area contributed by atoms with Crippen LogP contribution in [0.5, 0.6) is 5.75 Å². The molecular formula is C31H26N2O4. The highest BCUT2D eigenvalue weighted by molar-refractivity contribution is 6.39. The van der Waals surface area contributed by atoms with Crippen LogP contribution in [0.2, 0.25) is 0 Å². The highest BCUT2D eigenvalue weighted by Gasteiger charge is 2.37. The summed E-state index contributed by atoms with van der Waals surface area (Å²) in [5, 5.41) is 4.07. The maximum absolute atomic E-state index is 13.5. The number of urea groups is 1. The van der Waals surface area contributed by atoms with Crippen LogP contribution < -0.4 is 15.0 Å². The average molecular weight is 491 g/mol. The van der Waals surface area contributed by atoms with E-state index in [2.05, 4.69) is 5.32 Å². The predicted octanol–water partition coefficient (Wildman–Crippen LogP) is 6.01. The lowest BCUT2D eigenvalue weighted by molar-refractivity contribution is -0.122. The van der Waals surface area contributed by atoms with Gasteiger partial charge in [-0.1, -0.05) is 66.2 Å². The van der Waals surface area contributed by atoms with Gasteiger partial charge in [-0.25, -0.2) is 9.69 Å². The number of hydrogen-bond donors (Lipinski definition) is 1. The van der Waals surface area contributed by atoms with Crippen LogP contribution in [0.1, 0.15) is 27.8 Å². The van der Waals surface area contributed by atoms with Gasteiger partial charge in [0.2, 0.25) is 0 Å². The van der Waals surface area contributed by atoms with Crippen molar-refractivity contribution in [1.82, 2.24) is 5.32 Å². The molecular weight excluding hydrogens is 464 g/mol. The van der Waals surface area contributed by atoms with Crippen molar-refractivity contribution in [1.29, 1.82) is 0 Å². The molecule has 0 radical (unpaired) electrons. The second-order valence-electron chi connectivity index (χ2n) is 9.20. The van der Waals surface area contributed by atoms with E-state index in [1.807, 2.05) is 87.5 Å². The van der Waals surface area contributed by atoms with Crippen LogP contribution in [0, 0.1) is 20.8 Å². The van der Waals surface area contributed by atoms with E-state index in [9.17, 15) is 14.4 Å². The van der Waals surface area contributed by atoms with E-state index >= 15 is 0 Å². The molecule has 1 aliphatic rings. The van der Waals surface area contributed by atoms with Gasteiger partial charge in [0.25, 0.3) is 11.8 Å². The molecule has 184 valence electrons. The number of carbonyl (C=O) groups excluding carboxylic acids is 3. The van der Waals surface area contributed by atoms with E-state index in [0.717, 1.165) is 37.9 Å². The quantitative estimate of drug-likeness (QED) is 0.275. The van der Waals surface area contributed by atoms with E-state index < -0.39 is 17.8 Å². The van der Waals surface area contributed by atoms with E-state index in [1.165, 1.54) is 6.08 Å². The first-order chi connectivity index (χ1) is 17.8. The number of amides is 4. The molecule has 1 saturated heterocycles. The summed E-state index contributed by atoms with van der Waals surface area (Å²) in [4.78, 5) is 40.1. The Morgan fingerprint density at radius 2 is 1.59 bits per heavy atom. The number of anilines is 1. The number of ether oxygens (including phenoxy) is 1. The summed E-state index contributed by atoms with van der Waals surface area (Å²) in [6.45, 7) is 6.20. The summed E-state index contributed by atoms with van der Waals surface area (Å²) in [6.07, 6.45) is 1.52. The highest BCUT2D eigenvalue weighted by Crippen LogP contribution is 2.32. The topological polar surface area (TPSA) is 75.7 Å². The lowest BCUT2D eigenvalue weighted by Crippen LogP contribution is -2.54. The number of benzene rings is 4. The molecule has 4 aromatic rings. The highest BCUT2D eigenvalue weighted by atomic mass is 16.5. The van der Waals surface area contributed by atoms with Gasteiger partial charge in [-0.15, -0.1) is 0 Å². The number of imide groups is 2. The number of aryl methyl sites for hydroxylation is 3. The van der Waals surface area contributed by atoms with Gasteiger partial charge >= 0.3 is 6.03 Å². The lowest BCUT2D eigenvalue weighted by atomic mass is 9.99. The molecule has 1 aliphatic heterocycles. The number of fused-ring (bicyclic) bond motifs is 1. The van der Waals surface area contributed by atoms with Crippen LogP contribution >= 0.6 is 0 Å². The third kappa shape index (κ3) is 4.74. The minimum absolute atomic E-state index is 0.144. The van der Waals surface area contributed by atoms with Crippen molar-refractivity contribution in [2.45, 2.75) is 27.4 Å². The van der Waals surface area contributed by atoms with Gasteiger partial charge in [0.15, 0.2) is 0 Å². The summed E-state index contributed by atoms with van der Waals surface area (Å²) in [5.74, 6) is -0.899. The third-order valence-electron chi connectivity index (χ3n) is 6.58. The van der Waals surface area contributed by atoms with Gasteiger partial charge in [-0.2, -0.15) is 0 Å². The second-order valence-corrected chi connectivity index (χ2v) is 9.20. The Labute approximate surface area is 215 Å². The van der Waals surface area contributed by atoms with Crippen molar-refractivity contribution < 1.29 is 19.1 Å². The maximum atomic E-state index is 13.5. The van der Waals surface area contributed by atoms with E-state index in [4.69, 9.17) is 4.74 Å². The normalized spacial score (nSPS) is 14.8. The SMILES string of the molecule is Cc1ccc(COc2ccc3ccccc3c2/C=C2\C(=O)NC(=O)N(c3ccc(C)c(C)c3)C2=O)cc1. The maximum Gasteiger partial charge on any atom is 0.335 e. The number of rotatable bonds is 5. The zero-order chi connectivity index (χ0) is 26.1. The molecule has 0 aromatic heterocycles. The number of carbonyl (C=O) groups is 3. The molecule has 0 unspecified atom stereocenters. The molecule has 4 amide bonds. The summed E-state index contributed by atoms with van der Waals surface area (Å²) < 4.78 is 6.18. The van der Waals surface area contributed by atoms with Crippen LogP contribution in [-0.2, 0) is 16.2 Å². The minimum atomic E-state index is -0.774. The van der Waals surface area contributed by atoms with Crippen molar-refractivity contribution in [3.05, 3.63) is 112 Å². The van der Waals surface area contributed by atoms with E-state index in [-0.39, 0.29) is 5.57 Å². The van der Waals surface area contributed by atoms with Crippen LogP contribution in [0.4, 0.5) is 10.5 Å². The molecule has 4 aromatic carbocycles. The Hall–Kier alpha value is -4.71. The standard InChI is InChI=1S/C31H26N2O4/c1-19-8-11-22(12-9-19)18-37-28-15-13-23-6-4-5-7-25(23)26(28)17-27-29(34)32-31(36)33(30(27)35)24-14-10-20(2)21(3)16-24/h4-17H,18H2,1-3H3,(H,32,34,36)/b27-17+. The minimum Gasteiger partial charge on any atom is -0.488 e. The first kappa shape index (κ1) is 24.0. The smallest absolute Gasteiger partial charge is 0.335 e.